The summed E-state index contributed by atoms with van der Waals surface area (Å²) in [7, 11) is 0. The van der Waals surface area contributed by atoms with E-state index in [-0.39, 0.29) is 5.91 Å². The largest absolute Gasteiger partial charge is 0.366 e. The molecule has 4 nitrogen and oxygen atoms in total. The van der Waals surface area contributed by atoms with Gasteiger partial charge in [0.05, 0.1) is 0 Å². The van der Waals surface area contributed by atoms with E-state index in [1.165, 1.54) is 0 Å². The molecule has 98 valence electrons. The third-order valence-corrected chi connectivity index (χ3v) is 3.55. The van der Waals surface area contributed by atoms with Gasteiger partial charge in [0.2, 0.25) is 5.91 Å². The number of carbonyl (C=O) groups excluding carboxylic acids is 1. The average molecular weight is 247 g/mol. The van der Waals surface area contributed by atoms with Crippen molar-refractivity contribution in [2.75, 3.05) is 13.1 Å². The molecule has 1 aliphatic rings. The molecule has 0 radical (unpaired) electrons. The summed E-state index contributed by atoms with van der Waals surface area (Å²) >= 11 is 0. The normalized spacial score (nSPS) is 25.0. The van der Waals surface area contributed by atoms with Crippen LogP contribution in [0.3, 0.4) is 0 Å². The summed E-state index contributed by atoms with van der Waals surface area (Å²) in [5.74, 6) is -0.346. The van der Waals surface area contributed by atoms with Gasteiger partial charge in [-0.1, -0.05) is 18.2 Å². The van der Waals surface area contributed by atoms with Gasteiger partial charge in [0.1, 0.15) is 0 Å². The number of amides is 1. The smallest absolute Gasteiger partial charge is 0.249 e. The lowest BCUT2D eigenvalue weighted by molar-refractivity contribution is 0.0995. The molecule has 1 saturated heterocycles. The first kappa shape index (κ1) is 13.1. The Morgan fingerprint density at radius 3 is 2.89 bits per heavy atom. The van der Waals surface area contributed by atoms with Gasteiger partial charge in [-0.25, -0.2) is 0 Å². The Morgan fingerprint density at radius 1 is 1.44 bits per heavy atom. The highest BCUT2D eigenvalue weighted by atomic mass is 16.1. The summed E-state index contributed by atoms with van der Waals surface area (Å²) in [4.78, 5) is 13.8. The highest BCUT2D eigenvalue weighted by Gasteiger charge is 2.23. The molecule has 2 unspecified atom stereocenters. The van der Waals surface area contributed by atoms with Gasteiger partial charge in [-0.05, 0) is 25.5 Å². The summed E-state index contributed by atoms with van der Waals surface area (Å²) in [5, 5.41) is 3.45. The SMILES string of the molecule is CC1CN(Cc2ccccc2C(N)=O)C(C)CN1. The van der Waals surface area contributed by atoms with E-state index in [4.69, 9.17) is 5.73 Å². The van der Waals surface area contributed by atoms with Gasteiger partial charge in [0.15, 0.2) is 0 Å². The zero-order valence-corrected chi connectivity index (χ0v) is 11.0. The molecule has 0 aliphatic carbocycles. The van der Waals surface area contributed by atoms with E-state index in [2.05, 4.69) is 24.1 Å². The molecule has 1 aromatic rings. The van der Waals surface area contributed by atoms with Gasteiger partial charge >= 0.3 is 0 Å². The molecule has 0 spiro atoms. The van der Waals surface area contributed by atoms with Crippen molar-refractivity contribution in [3.05, 3.63) is 35.4 Å². The predicted octanol–water partition coefficient (Wildman–Crippen LogP) is 0.968. The average Bonchev–Trinajstić information content (AvgIpc) is 2.34. The molecule has 0 bridgehead atoms. The molecule has 4 heteroatoms. The van der Waals surface area contributed by atoms with Gasteiger partial charge in [0.25, 0.3) is 0 Å². The zero-order chi connectivity index (χ0) is 13.1. The molecule has 1 heterocycles. The Labute approximate surface area is 108 Å². The number of nitrogens with two attached hydrogens (primary N) is 1. The maximum absolute atomic E-state index is 11.4. The number of benzene rings is 1. The van der Waals surface area contributed by atoms with Crippen molar-refractivity contribution < 1.29 is 4.79 Å². The fourth-order valence-corrected chi connectivity index (χ4v) is 2.43. The van der Waals surface area contributed by atoms with Crippen LogP contribution in [-0.2, 0) is 6.54 Å². The van der Waals surface area contributed by atoms with E-state index in [1.54, 1.807) is 6.07 Å². The molecule has 1 amide bonds. The van der Waals surface area contributed by atoms with Crippen LogP contribution >= 0.6 is 0 Å². The number of hydrogen-bond donors (Lipinski definition) is 2. The predicted molar refractivity (Wildman–Crippen MR) is 72.3 cm³/mol. The van der Waals surface area contributed by atoms with Gasteiger partial charge in [-0.15, -0.1) is 0 Å². The molecule has 2 rings (SSSR count). The zero-order valence-electron chi connectivity index (χ0n) is 11.0. The van der Waals surface area contributed by atoms with Crippen LogP contribution in [0.4, 0.5) is 0 Å². The number of carbonyl (C=O) groups is 1. The second-order valence-electron chi connectivity index (χ2n) is 5.11. The van der Waals surface area contributed by atoms with Crippen molar-refractivity contribution in [3.63, 3.8) is 0 Å². The lowest BCUT2D eigenvalue weighted by Gasteiger charge is -2.37. The first-order valence-corrected chi connectivity index (χ1v) is 6.43. The van der Waals surface area contributed by atoms with Crippen molar-refractivity contribution in [2.24, 2.45) is 5.73 Å². The van der Waals surface area contributed by atoms with E-state index in [0.717, 1.165) is 25.2 Å². The maximum Gasteiger partial charge on any atom is 0.249 e. The van der Waals surface area contributed by atoms with Crippen LogP contribution < -0.4 is 11.1 Å². The van der Waals surface area contributed by atoms with E-state index < -0.39 is 0 Å². The van der Waals surface area contributed by atoms with Crippen LogP contribution in [0.25, 0.3) is 0 Å². The molecular weight excluding hydrogens is 226 g/mol. The molecule has 1 fully saturated rings. The van der Waals surface area contributed by atoms with E-state index in [1.807, 2.05) is 18.2 Å². The Morgan fingerprint density at radius 2 is 2.17 bits per heavy atom. The second-order valence-corrected chi connectivity index (χ2v) is 5.11. The standard InChI is InChI=1S/C14H21N3O/c1-10-8-17(11(2)7-16-10)9-12-5-3-4-6-13(12)14(15)18/h3-6,10-11,16H,7-9H2,1-2H3,(H2,15,18). The topological polar surface area (TPSA) is 58.4 Å². The first-order valence-electron chi connectivity index (χ1n) is 6.43. The van der Waals surface area contributed by atoms with E-state index >= 15 is 0 Å². The minimum absolute atomic E-state index is 0.346. The van der Waals surface area contributed by atoms with E-state index in [0.29, 0.717) is 17.6 Å². The monoisotopic (exact) mass is 247 g/mol. The van der Waals surface area contributed by atoms with Crippen LogP contribution in [0.1, 0.15) is 29.8 Å². The third kappa shape index (κ3) is 2.89. The van der Waals surface area contributed by atoms with Gasteiger partial charge < -0.3 is 11.1 Å². The summed E-state index contributed by atoms with van der Waals surface area (Å²) in [6, 6.07) is 8.56. The number of piperazine rings is 1. The lowest BCUT2D eigenvalue weighted by atomic mass is 10.0. The second kappa shape index (κ2) is 5.50. The van der Waals surface area contributed by atoms with Crippen LogP contribution in [0.2, 0.25) is 0 Å². The number of primary amides is 1. The highest BCUT2D eigenvalue weighted by Crippen LogP contribution is 2.15. The van der Waals surface area contributed by atoms with Gasteiger partial charge in [-0.2, -0.15) is 0 Å². The van der Waals surface area contributed by atoms with Crippen molar-refractivity contribution in [1.29, 1.82) is 0 Å². The number of hydrogen-bond acceptors (Lipinski definition) is 3. The fourth-order valence-electron chi connectivity index (χ4n) is 2.43. The minimum Gasteiger partial charge on any atom is -0.366 e. The Bertz CT molecular complexity index is 433. The van der Waals surface area contributed by atoms with E-state index in [9.17, 15) is 4.79 Å². The highest BCUT2D eigenvalue weighted by molar-refractivity contribution is 5.94. The Balaban J connectivity index is 2.15. The van der Waals surface area contributed by atoms with Crippen molar-refractivity contribution in [2.45, 2.75) is 32.5 Å². The van der Waals surface area contributed by atoms with Crippen LogP contribution in [0, 0.1) is 0 Å². The molecule has 3 N–H and O–H groups in total. The van der Waals surface area contributed by atoms with Crippen molar-refractivity contribution in [1.82, 2.24) is 10.2 Å². The molecule has 1 aromatic carbocycles. The number of nitrogens with zero attached hydrogens (tertiary/aromatic N) is 1. The summed E-state index contributed by atoms with van der Waals surface area (Å²) in [6.45, 7) is 7.14. The molecular formula is C14H21N3O. The molecule has 0 aromatic heterocycles. The lowest BCUT2D eigenvalue weighted by Crippen LogP contribution is -2.53. The van der Waals surface area contributed by atoms with Gasteiger partial charge in [0, 0.05) is 37.3 Å². The summed E-state index contributed by atoms with van der Waals surface area (Å²) in [5.41, 5.74) is 7.07. The van der Waals surface area contributed by atoms with Crippen molar-refractivity contribution >= 4 is 5.91 Å². The summed E-state index contributed by atoms with van der Waals surface area (Å²) in [6.07, 6.45) is 0. The van der Waals surface area contributed by atoms with Crippen molar-refractivity contribution in [3.8, 4) is 0 Å². The number of rotatable bonds is 3. The number of nitrogens with one attached hydrogen (secondary N) is 1. The molecule has 18 heavy (non-hydrogen) atoms. The van der Waals surface area contributed by atoms with Crippen LogP contribution in [0.5, 0.6) is 0 Å². The Hall–Kier alpha value is -1.39. The fraction of sp³-hybridized carbons (Fsp3) is 0.500. The summed E-state index contributed by atoms with van der Waals surface area (Å²) < 4.78 is 0. The quantitative estimate of drug-likeness (QED) is 0.836. The molecule has 0 saturated carbocycles. The molecule has 1 aliphatic heterocycles. The maximum atomic E-state index is 11.4. The third-order valence-electron chi connectivity index (χ3n) is 3.55. The van der Waals surface area contributed by atoms with Gasteiger partial charge in [-0.3, -0.25) is 9.69 Å². The van der Waals surface area contributed by atoms with Crippen LogP contribution in [0.15, 0.2) is 24.3 Å². The van der Waals surface area contributed by atoms with Crippen LogP contribution in [-0.4, -0.2) is 36.0 Å². The molecule has 2 atom stereocenters. The Kier molecular flexibility index (Phi) is 3.99. The first-order chi connectivity index (χ1) is 8.58. The minimum atomic E-state index is -0.346.